The number of rotatable bonds is 5. The van der Waals surface area contributed by atoms with Crippen molar-refractivity contribution in [1.82, 2.24) is 4.98 Å². The predicted molar refractivity (Wildman–Crippen MR) is 129 cm³/mol. The van der Waals surface area contributed by atoms with Crippen molar-refractivity contribution in [1.29, 1.82) is 0 Å². The molecule has 1 fully saturated rings. The number of hydrogen-bond donors (Lipinski definition) is 1. The van der Waals surface area contributed by atoms with Crippen molar-refractivity contribution in [2.24, 2.45) is 0 Å². The highest BCUT2D eigenvalue weighted by atomic mass is 19.4. The number of benzene rings is 2. The van der Waals surface area contributed by atoms with E-state index in [0.29, 0.717) is 28.1 Å². The molecule has 2 atom stereocenters. The van der Waals surface area contributed by atoms with Crippen LogP contribution in [0.15, 0.2) is 60.8 Å². The van der Waals surface area contributed by atoms with Crippen LogP contribution in [0.3, 0.4) is 0 Å². The number of morpholine rings is 1. The number of carbonyl (C=O) groups excluding carboxylic acids is 1. The van der Waals surface area contributed by atoms with Crippen LogP contribution in [0.4, 0.5) is 29.5 Å². The van der Waals surface area contributed by atoms with E-state index in [0.717, 1.165) is 18.9 Å². The molecule has 0 aliphatic carbocycles. The van der Waals surface area contributed by atoms with E-state index in [4.69, 9.17) is 9.47 Å². The van der Waals surface area contributed by atoms with Gasteiger partial charge in [-0.3, -0.25) is 5.32 Å². The zero-order chi connectivity index (χ0) is 25.9. The summed E-state index contributed by atoms with van der Waals surface area (Å²) in [6, 6.07) is 14.2. The Balaban J connectivity index is 1.40. The molecule has 0 bridgehead atoms. The topological polar surface area (TPSA) is 72.9 Å². The van der Waals surface area contributed by atoms with E-state index in [-0.39, 0.29) is 18.0 Å². The minimum atomic E-state index is -4.76. The van der Waals surface area contributed by atoms with Crippen LogP contribution in [0.2, 0.25) is 0 Å². The van der Waals surface area contributed by atoms with Gasteiger partial charge in [-0.2, -0.15) is 0 Å². The maximum atomic E-state index is 12.5. The van der Waals surface area contributed by atoms with E-state index >= 15 is 0 Å². The summed E-state index contributed by atoms with van der Waals surface area (Å²) in [7, 11) is 0. The predicted octanol–water partition coefficient (Wildman–Crippen LogP) is 6.18. The largest absolute Gasteiger partial charge is 0.573 e. The van der Waals surface area contributed by atoms with Gasteiger partial charge in [0.25, 0.3) is 0 Å². The highest BCUT2D eigenvalue weighted by molar-refractivity contribution is 5.87. The SMILES string of the molecule is Cc1c(OC(=O)Nc2ccc(N3C[C@@H](C)O[C@@H](C)C3)nc2)cccc1-c1ccc(OC(F)(F)F)cc1. The van der Waals surface area contributed by atoms with E-state index in [1.165, 1.54) is 24.3 Å². The van der Waals surface area contributed by atoms with Crippen LogP contribution in [0.5, 0.6) is 11.5 Å². The van der Waals surface area contributed by atoms with E-state index in [1.807, 2.05) is 19.9 Å². The number of ether oxygens (including phenoxy) is 3. The van der Waals surface area contributed by atoms with Gasteiger partial charge in [-0.05, 0) is 67.8 Å². The number of pyridine rings is 1. The summed E-state index contributed by atoms with van der Waals surface area (Å²) in [5, 5.41) is 2.66. The van der Waals surface area contributed by atoms with Gasteiger partial charge < -0.3 is 19.1 Å². The van der Waals surface area contributed by atoms with Crippen molar-refractivity contribution in [2.45, 2.75) is 39.3 Å². The minimum Gasteiger partial charge on any atom is -0.410 e. The molecule has 0 spiro atoms. The fraction of sp³-hybridized carbons (Fsp3) is 0.308. The summed E-state index contributed by atoms with van der Waals surface area (Å²) in [6.07, 6.45) is -3.67. The van der Waals surface area contributed by atoms with Gasteiger partial charge in [-0.25, -0.2) is 9.78 Å². The Bertz CT molecular complexity index is 1190. The standard InChI is InChI=1S/C26H26F3N3O4/c1-16-14-32(15-17(2)34-16)24-12-9-20(13-30-24)31-25(33)35-23-6-4-5-22(18(23)3)19-7-10-21(11-8-19)36-26(27,28)29/h4-13,16-17H,14-15H2,1-3H3,(H,31,33)/t16-,17+. The molecule has 7 nitrogen and oxygen atoms in total. The second-order valence-electron chi connectivity index (χ2n) is 8.58. The Morgan fingerprint density at radius 2 is 1.75 bits per heavy atom. The molecule has 2 aromatic carbocycles. The first-order valence-electron chi connectivity index (χ1n) is 11.4. The normalized spacial score (nSPS) is 18.0. The number of halogens is 3. The molecule has 1 N–H and O–H groups in total. The van der Waals surface area contributed by atoms with Gasteiger partial charge in [0.05, 0.1) is 24.1 Å². The van der Waals surface area contributed by atoms with Gasteiger partial charge in [0, 0.05) is 13.1 Å². The monoisotopic (exact) mass is 501 g/mol. The van der Waals surface area contributed by atoms with Gasteiger partial charge in [-0.1, -0.05) is 24.3 Å². The van der Waals surface area contributed by atoms with Crippen LogP contribution >= 0.6 is 0 Å². The van der Waals surface area contributed by atoms with E-state index < -0.39 is 12.5 Å². The van der Waals surface area contributed by atoms with Gasteiger partial charge in [0.1, 0.15) is 17.3 Å². The van der Waals surface area contributed by atoms with E-state index in [9.17, 15) is 18.0 Å². The lowest BCUT2D eigenvalue weighted by atomic mass is 10.00. The number of aromatic nitrogens is 1. The average molecular weight is 502 g/mol. The lowest BCUT2D eigenvalue weighted by Gasteiger charge is -2.36. The van der Waals surface area contributed by atoms with Gasteiger partial charge in [0.15, 0.2) is 0 Å². The summed E-state index contributed by atoms with van der Waals surface area (Å²) >= 11 is 0. The first-order chi connectivity index (χ1) is 17.1. The molecule has 1 amide bonds. The molecule has 0 unspecified atom stereocenters. The fourth-order valence-corrected chi connectivity index (χ4v) is 4.13. The number of alkyl halides is 3. The smallest absolute Gasteiger partial charge is 0.410 e. The Hall–Kier alpha value is -3.79. The van der Waals surface area contributed by atoms with Crippen molar-refractivity contribution < 1.29 is 32.2 Å². The summed E-state index contributed by atoms with van der Waals surface area (Å²) in [6.45, 7) is 7.27. The van der Waals surface area contributed by atoms with Crippen molar-refractivity contribution in [3.63, 3.8) is 0 Å². The van der Waals surface area contributed by atoms with Gasteiger partial charge >= 0.3 is 12.5 Å². The number of nitrogens with zero attached hydrogens (tertiary/aromatic N) is 2. The molecule has 1 aliphatic rings. The first-order valence-corrected chi connectivity index (χ1v) is 11.4. The van der Waals surface area contributed by atoms with Crippen molar-refractivity contribution in [2.75, 3.05) is 23.3 Å². The van der Waals surface area contributed by atoms with Crippen LogP contribution in [0, 0.1) is 6.92 Å². The number of anilines is 2. The molecule has 1 aromatic heterocycles. The summed E-state index contributed by atoms with van der Waals surface area (Å²) in [4.78, 5) is 19.1. The van der Waals surface area contributed by atoms with Crippen molar-refractivity contribution >= 4 is 17.6 Å². The second-order valence-corrected chi connectivity index (χ2v) is 8.58. The Morgan fingerprint density at radius 3 is 2.36 bits per heavy atom. The summed E-state index contributed by atoms with van der Waals surface area (Å²) in [5.41, 5.74) is 2.49. The Kier molecular flexibility index (Phi) is 7.35. The molecular weight excluding hydrogens is 475 g/mol. The molecule has 190 valence electrons. The molecule has 2 heterocycles. The molecule has 10 heteroatoms. The lowest BCUT2D eigenvalue weighted by Crippen LogP contribution is -2.45. The second kappa shape index (κ2) is 10.4. The summed E-state index contributed by atoms with van der Waals surface area (Å²) in [5.74, 6) is 0.806. The minimum absolute atomic E-state index is 0.105. The van der Waals surface area contributed by atoms with Crippen molar-refractivity contribution in [3.8, 4) is 22.6 Å². The number of amides is 1. The molecule has 0 radical (unpaired) electrons. The molecule has 1 saturated heterocycles. The third-order valence-electron chi connectivity index (χ3n) is 5.62. The highest BCUT2D eigenvalue weighted by Crippen LogP contribution is 2.32. The van der Waals surface area contributed by atoms with Crippen LogP contribution in [-0.4, -0.2) is 42.7 Å². The molecular formula is C26H26F3N3O4. The average Bonchev–Trinajstić information content (AvgIpc) is 2.80. The number of nitrogens with one attached hydrogen (secondary N) is 1. The van der Waals surface area contributed by atoms with Crippen LogP contribution < -0.4 is 19.7 Å². The Morgan fingerprint density at radius 1 is 1.06 bits per heavy atom. The maximum absolute atomic E-state index is 12.5. The van der Waals surface area contributed by atoms with Crippen LogP contribution in [0.25, 0.3) is 11.1 Å². The first kappa shape index (κ1) is 25.3. The molecule has 3 aromatic rings. The fourth-order valence-electron chi connectivity index (χ4n) is 4.13. The molecule has 1 aliphatic heterocycles. The van der Waals surface area contributed by atoms with E-state index in [2.05, 4.69) is 19.9 Å². The zero-order valence-electron chi connectivity index (χ0n) is 20.0. The maximum Gasteiger partial charge on any atom is 0.573 e. The number of carbonyl (C=O) groups is 1. The van der Waals surface area contributed by atoms with E-state index in [1.54, 1.807) is 37.4 Å². The third-order valence-corrected chi connectivity index (χ3v) is 5.62. The number of hydrogen-bond acceptors (Lipinski definition) is 6. The Labute approximate surface area is 206 Å². The van der Waals surface area contributed by atoms with Crippen LogP contribution in [-0.2, 0) is 4.74 Å². The van der Waals surface area contributed by atoms with Gasteiger partial charge in [-0.15, -0.1) is 13.2 Å². The molecule has 4 rings (SSSR count). The zero-order valence-corrected chi connectivity index (χ0v) is 20.0. The molecule has 36 heavy (non-hydrogen) atoms. The summed E-state index contributed by atoms with van der Waals surface area (Å²) < 4.78 is 52.4. The lowest BCUT2D eigenvalue weighted by molar-refractivity contribution is -0.274. The quantitative estimate of drug-likeness (QED) is 0.450. The van der Waals surface area contributed by atoms with Crippen molar-refractivity contribution in [3.05, 3.63) is 66.4 Å². The van der Waals surface area contributed by atoms with Crippen LogP contribution in [0.1, 0.15) is 19.4 Å². The molecule has 0 saturated carbocycles. The third kappa shape index (κ3) is 6.45. The van der Waals surface area contributed by atoms with Gasteiger partial charge in [0.2, 0.25) is 0 Å². The highest BCUT2D eigenvalue weighted by Gasteiger charge is 2.31.